The molecular weight excluding hydrogens is 278 g/mol. The van der Waals surface area contributed by atoms with Gasteiger partial charge in [0.05, 0.1) is 11.8 Å². The Morgan fingerprint density at radius 3 is 2.88 bits per heavy atom. The molecule has 2 N–H and O–H groups in total. The average Bonchev–Trinajstić information content (AvgIpc) is 2.70. The average molecular weight is 284 g/mol. The lowest BCUT2D eigenvalue weighted by Crippen LogP contribution is -1.96. The van der Waals surface area contributed by atoms with Gasteiger partial charge in [-0.1, -0.05) is 21.1 Å². The van der Waals surface area contributed by atoms with E-state index < -0.39 is 5.97 Å². The van der Waals surface area contributed by atoms with Gasteiger partial charge in [-0.3, -0.25) is 0 Å². The molecule has 16 heavy (non-hydrogen) atoms. The predicted octanol–water partition coefficient (Wildman–Crippen LogP) is 2.51. The van der Waals surface area contributed by atoms with Crippen LogP contribution in [0, 0.1) is 0 Å². The zero-order valence-corrected chi connectivity index (χ0v) is 9.43. The summed E-state index contributed by atoms with van der Waals surface area (Å²) in [6.45, 7) is 0. The summed E-state index contributed by atoms with van der Waals surface area (Å²) in [5.41, 5.74) is 0.192. The Balaban J connectivity index is 2.62. The Bertz CT molecular complexity index is 550. The Kier molecular flexibility index (Phi) is 2.66. The fraction of sp³-hybridized carbons (Fsp3) is 0. The lowest BCUT2D eigenvalue weighted by molar-refractivity contribution is 0.0697. The van der Waals surface area contributed by atoms with Crippen LogP contribution in [0.2, 0.25) is 0 Å². The van der Waals surface area contributed by atoms with Crippen molar-refractivity contribution in [3.63, 3.8) is 0 Å². The largest absolute Gasteiger partial charge is 0.507 e. The molecule has 0 amide bonds. The highest BCUT2D eigenvalue weighted by Gasteiger charge is 2.19. The van der Waals surface area contributed by atoms with Crippen molar-refractivity contribution < 1.29 is 19.5 Å². The first kappa shape index (κ1) is 10.7. The van der Waals surface area contributed by atoms with Crippen molar-refractivity contribution in [2.75, 3.05) is 0 Å². The van der Waals surface area contributed by atoms with Gasteiger partial charge < -0.3 is 14.7 Å². The lowest BCUT2D eigenvalue weighted by atomic mass is 10.1. The topological polar surface area (TPSA) is 83.6 Å². The van der Waals surface area contributed by atoms with Gasteiger partial charge >= 0.3 is 5.97 Å². The van der Waals surface area contributed by atoms with Crippen molar-refractivity contribution in [2.45, 2.75) is 0 Å². The number of carboxylic acids is 1. The first-order valence-electron chi connectivity index (χ1n) is 4.26. The van der Waals surface area contributed by atoms with Crippen LogP contribution in [0.5, 0.6) is 5.75 Å². The number of carbonyl (C=O) groups is 1. The fourth-order valence-electron chi connectivity index (χ4n) is 1.28. The molecule has 82 valence electrons. The molecule has 0 saturated carbocycles. The number of aromatic hydroxyl groups is 1. The molecule has 0 saturated heterocycles. The SMILES string of the molecule is O=C(O)c1cnoc1-c1cc(Br)ccc1O. The highest BCUT2D eigenvalue weighted by molar-refractivity contribution is 9.10. The van der Waals surface area contributed by atoms with Crippen molar-refractivity contribution in [3.8, 4) is 17.1 Å². The second-order valence-corrected chi connectivity index (χ2v) is 3.95. The molecule has 0 unspecified atom stereocenters. The molecular formula is C10H6BrNO4. The number of rotatable bonds is 2. The number of carboxylic acid groups (broad SMARTS) is 1. The molecule has 2 aromatic rings. The van der Waals surface area contributed by atoms with Gasteiger partial charge in [-0.25, -0.2) is 4.79 Å². The van der Waals surface area contributed by atoms with Crippen LogP contribution in [-0.2, 0) is 0 Å². The summed E-state index contributed by atoms with van der Waals surface area (Å²) in [6.07, 6.45) is 1.10. The minimum atomic E-state index is -1.16. The normalized spacial score (nSPS) is 10.3. The van der Waals surface area contributed by atoms with E-state index in [1.54, 1.807) is 12.1 Å². The number of benzene rings is 1. The van der Waals surface area contributed by atoms with Crippen LogP contribution in [0.1, 0.15) is 10.4 Å². The standard InChI is InChI=1S/C10H6BrNO4/c11-5-1-2-8(13)6(3-5)9-7(10(14)15)4-12-16-9/h1-4,13H,(H,14,15). The summed E-state index contributed by atoms with van der Waals surface area (Å²) in [6, 6.07) is 4.63. The number of hydrogen-bond donors (Lipinski definition) is 2. The Hall–Kier alpha value is -1.82. The van der Waals surface area contributed by atoms with Gasteiger partial charge in [0.1, 0.15) is 11.3 Å². The summed E-state index contributed by atoms with van der Waals surface area (Å²) in [7, 11) is 0. The maximum absolute atomic E-state index is 10.9. The number of halogens is 1. The molecule has 0 atom stereocenters. The van der Waals surface area contributed by atoms with Crippen LogP contribution < -0.4 is 0 Å². The van der Waals surface area contributed by atoms with E-state index in [1.807, 2.05) is 0 Å². The van der Waals surface area contributed by atoms with E-state index in [-0.39, 0.29) is 22.6 Å². The van der Waals surface area contributed by atoms with Crippen LogP contribution in [0.3, 0.4) is 0 Å². The molecule has 0 spiro atoms. The maximum atomic E-state index is 10.9. The predicted molar refractivity (Wildman–Crippen MR) is 58.3 cm³/mol. The van der Waals surface area contributed by atoms with Gasteiger partial charge in [-0.2, -0.15) is 0 Å². The van der Waals surface area contributed by atoms with E-state index in [0.717, 1.165) is 6.20 Å². The molecule has 2 rings (SSSR count). The van der Waals surface area contributed by atoms with Gasteiger partial charge in [-0.05, 0) is 18.2 Å². The Labute approximate surface area is 98.4 Å². The molecule has 1 heterocycles. The quantitative estimate of drug-likeness (QED) is 0.885. The number of aromatic carboxylic acids is 1. The number of phenols is 1. The molecule has 0 aliphatic heterocycles. The third-order valence-electron chi connectivity index (χ3n) is 2.00. The molecule has 1 aromatic heterocycles. The minimum Gasteiger partial charge on any atom is -0.507 e. The van der Waals surface area contributed by atoms with Gasteiger partial charge in [0.25, 0.3) is 0 Å². The van der Waals surface area contributed by atoms with Crippen LogP contribution in [0.4, 0.5) is 0 Å². The van der Waals surface area contributed by atoms with E-state index in [9.17, 15) is 9.90 Å². The van der Waals surface area contributed by atoms with E-state index in [1.165, 1.54) is 6.07 Å². The minimum absolute atomic E-state index is 0.0336. The summed E-state index contributed by atoms with van der Waals surface area (Å²) in [4.78, 5) is 10.9. The van der Waals surface area contributed by atoms with E-state index in [4.69, 9.17) is 9.63 Å². The van der Waals surface area contributed by atoms with Crippen LogP contribution in [-0.4, -0.2) is 21.3 Å². The summed E-state index contributed by atoms with van der Waals surface area (Å²) >= 11 is 3.22. The molecule has 0 fully saturated rings. The third kappa shape index (κ3) is 1.79. The Morgan fingerprint density at radius 2 is 2.19 bits per heavy atom. The molecule has 5 nitrogen and oxygen atoms in total. The van der Waals surface area contributed by atoms with Crippen LogP contribution in [0.15, 0.2) is 33.4 Å². The number of phenolic OH excluding ortho intramolecular Hbond substituents is 1. The van der Waals surface area contributed by atoms with Gasteiger partial charge in [0, 0.05) is 4.47 Å². The van der Waals surface area contributed by atoms with E-state index >= 15 is 0 Å². The van der Waals surface area contributed by atoms with Crippen molar-refractivity contribution in [2.24, 2.45) is 0 Å². The van der Waals surface area contributed by atoms with Crippen molar-refractivity contribution in [1.82, 2.24) is 5.16 Å². The van der Waals surface area contributed by atoms with Gasteiger partial charge in [0.2, 0.25) is 0 Å². The molecule has 0 aliphatic rings. The first-order chi connectivity index (χ1) is 7.59. The zero-order valence-electron chi connectivity index (χ0n) is 7.85. The van der Waals surface area contributed by atoms with Crippen molar-refractivity contribution >= 4 is 21.9 Å². The molecule has 0 radical (unpaired) electrons. The highest BCUT2D eigenvalue weighted by Crippen LogP contribution is 2.33. The third-order valence-corrected chi connectivity index (χ3v) is 2.50. The van der Waals surface area contributed by atoms with Gasteiger partial charge in [0.15, 0.2) is 5.76 Å². The molecule has 1 aromatic carbocycles. The highest BCUT2D eigenvalue weighted by atomic mass is 79.9. The van der Waals surface area contributed by atoms with Crippen molar-refractivity contribution in [3.05, 3.63) is 34.4 Å². The fourth-order valence-corrected chi connectivity index (χ4v) is 1.64. The second-order valence-electron chi connectivity index (χ2n) is 3.04. The lowest BCUT2D eigenvalue weighted by Gasteiger charge is -2.02. The monoisotopic (exact) mass is 283 g/mol. The molecule has 6 heteroatoms. The number of nitrogens with zero attached hydrogens (tertiary/aromatic N) is 1. The van der Waals surface area contributed by atoms with Gasteiger partial charge in [-0.15, -0.1) is 0 Å². The van der Waals surface area contributed by atoms with Crippen LogP contribution in [0.25, 0.3) is 11.3 Å². The first-order valence-corrected chi connectivity index (χ1v) is 5.05. The molecule has 0 aliphatic carbocycles. The summed E-state index contributed by atoms with van der Waals surface area (Å²) in [5, 5.41) is 21.9. The summed E-state index contributed by atoms with van der Waals surface area (Å²) < 4.78 is 5.54. The van der Waals surface area contributed by atoms with E-state index in [0.29, 0.717) is 4.47 Å². The smallest absolute Gasteiger partial charge is 0.341 e. The second kappa shape index (κ2) is 3.97. The molecule has 0 bridgehead atoms. The van der Waals surface area contributed by atoms with E-state index in [2.05, 4.69) is 21.1 Å². The number of aromatic nitrogens is 1. The van der Waals surface area contributed by atoms with Crippen molar-refractivity contribution in [1.29, 1.82) is 0 Å². The Morgan fingerprint density at radius 1 is 1.44 bits per heavy atom. The van der Waals surface area contributed by atoms with Crippen LogP contribution >= 0.6 is 15.9 Å². The zero-order chi connectivity index (χ0) is 11.7. The maximum Gasteiger partial charge on any atom is 0.341 e. The number of hydrogen-bond acceptors (Lipinski definition) is 4. The summed E-state index contributed by atoms with van der Waals surface area (Å²) in [5.74, 6) is -1.19.